The molecule has 1 atom stereocenters. The van der Waals surface area contributed by atoms with E-state index in [9.17, 15) is 5.11 Å². The van der Waals surface area contributed by atoms with Gasteiger partial charge in [0, 0.05) is 22.5 Å². The van der Waals surface area contributed by atoms with Gasteiger partial charge < -0.3 is 5.11 Å². The van der Waals surface area contributed by atoms with Crippen LogP contribution in [0.3, 0.4) is 0 Å². The highest BCUT2D eigenvalue weighted by molar-refractivity contribution is 14.1. The van der Waals surface area contributed by atoms with Gasteiger partial charge >= 0.3 is 0 Å². The number of nitrogens with zero attached hydrogens (tertiary/aromatic N) is 2. The van der Waals surface area contributed by atoms with Crippen molar-refractivity contribution in [3.63, 3.8) is 0 Å². The van der Waals surface area contributed by atoms with Crippen LogP contribution in [0, 0.1) is 3.57 Å². The Kier molecular flexibility index (Phi) is 4.17. The number of halogens is 1. The topological polar surface area (TPSA) is 38.0 Å². The summed E-state index contributed by atoms with van der Waals surface area (Å²) in [4.78, 5) is 0. The van der Waals surface area contributed by atoms with E-state index in [0.29, 0.717) is 0 Å². The Morgan fingerprint density at radius 2 is 2.00 bits per heavy atom. The first kappa shape index (κ1) is 12.6. The highest BCUT2D eigenvalue weighted by atomic mass is 127. The fraction of sp³-hybridized carbons (Fsp3) is 0.308. The number of benzene rings is 1. The second-order valence-corrected chi connectivity index (χ2v) is 5.30. The average Bonchev–Trinajstić information content (AvgIpc) is 2.73. The molecule has 0 bridgehead atoms. The lowest BCUT2D eigenvalue weighted by atomic mass is 10.0. The van der Waals surface area contributed by atoms with Gasteiger partial charge in [-0.3, -0.25) is 4.68 Å². The van der Waals surface area contributed by atoms with Crippen molar-refractivity contribution in [1.29, 1.82) is 0 Å². The lowest BCUT2D eigenvalue weighted by Crippen LogP contribution is -2.03. The third-order valence-electron chi connectivity index (χ3n) is 2.85. The van der Waals surface area contributed by atoms with Crippen LogP contribution in [-0.4, -0.2) is 14.9 Å². The average molecular weight is 342 g/mol. The Morgan fingerprint density at radius 1 is 1.29 bits per heavy atom. The minimum atomic E-state index is -0.401. The molecule has 2 aromatic rings. The van der Waals surface area contributed by atoms with Crippen molar-refractivity contribution in [2.75, 3.05) is 0 Å². The summed E-state index contributed by atoms with van der Waals surface area (Å²) >= 11 is 2.26. The zero-order chi connectivity index (χ0) is 12.3. The van der Waals surface area contributed by atoms with Gasteiger partial charge in [-0.05, 0) is 59.2 Å². The molecule has 0 amide bonds. The van der Waals surface area contributed by atoms with E-state index in [1.807, 2.05) is 42.1 Å². The Balaban J connectivity index is 1.95. The van der Waals surface area contributed by atoms with Crippen LogP contribution in [0.4, 0.5) is 0 Å². The summed E-state index contributed by atoms with van der Waals surface area (Å²) in [5, 5.41) is 14.2. The smallest absolute Gasteiger partial charge is 0.0793 e. The van der Waals surface area contributed by atoms with Crippen LogP contribution in [0.5, 0.6) is 0 Å². The highest BCUT2D eigenvalue weighted by Gasteiger charge is 2.08. The molecule has 0 aliphatic rings. The molecule has 0 saturated carbocycles. The molecule has 1 aromatic heterocycles. The van der Waals surface area contributed by atoms with E-state index in [2.05, 4.69) is 27.7 Å². The lowest BCUT2D eigenvalue weighted by molar-refractivity contribution is 0.167. The van der Waals surface area contributed by atoms with Crippen molar-refractivity contribution in [3.8, 4) is 0 Å². The fourth-order valence-corrected chi connectivity index (χ4v) is 2.14. The van der Waals surface area contributed by atoms with Crippen LogP contribution < -0.4 is 0 Å². The maximum Gasteiger partial charge on any atom is 0.0793 e. The summed E-state index contributed by atoms with van der Waals surface area (Å²) in [7, 11) is 1.92. The summed E-state index contributed by atoms with van der Waals surface area (Å²) in [5.41, 5.74) is 2.13. The normalized spacial score (nSPS) is 12.6. The molecular weight excluding hydrogens is 327 g/mol. The van der Waals surface area contributed by atoms with Crippen molar-refractivity contribution in [1.82, 2.24) is 9.78 Å². The van der Waals surface area contributed by atoms with E-state index >= 15 is 0 Å². The van der Waals surface area contributed by atoms with Gasteiger partial charge in [0.05, 0.1) is 6.10 Å². The Bertz CT molecular complexity index is 478. The fourth-order valence-electron chi connectivity index (χ4n) is 1.78. The summed E-state index contributed by atoms with van der Waals surface area (Å²) in [6.07, 6.45) is 2.94. The third kappa shape index (κ3) is 3.29. The first-order chi connectivity index (χ1) is 8.16. The SMILES string of the molecule is Cn1nccc1CCC(O)c1ccc(I)cc1. The summed E-state index contributed by atoms with van der Waals surface area (Å²) in [5.74, 6) is 0. The first-order valence-electron chi connectivity index (χ1n) is 5.57. The molecular formula is C13H15IN2O. The van der Waals surface area contributed by atoms with Crippen LogP contribution >= 0.6 is 22.6 Å². The van der Waals surface area contributed by atoms with Crippen LogP contribution in [0.2, 0.25) is 0 Å². The van der Waals surface area contributed by atoms with Gasteiger partial charge in [-0.2, -0.15) is 5.10 Å². The van der Waals surface area contributed by atoms with E-state index in [1.165, 1.54) is 3.57 Å². The molecule has 17 heavy (non-hydrogen) atoms. The van der Waals surface area contributed by atoms with Crippen molar-refractivity contribution >= 4 is 22.6 Å². The van der Waals surface area contributed by atoms with Gasteiger partial charge in [0.25, 0.3) is 0 Å². The van der Waals surface area contributed by atoms with E-state index in [1.54, 1.807) is 6.20 Å². The molecule has 90 valence electrons. The van der Waals surface area contributed by atoms with Crippen molar-refractivity contribution in [2.24, 2.45) is 7.05 Å². The predicted molar refractivity (Wildman–Crippen MR) is 75.6 cm³/mol. The molecule has 0 radical (unpaired) electrons. The molecule has 0 aliphatic carbocycles. The van der Waals surface area contributed by atoms with Gasteiger partial charge in [-0.15, -0.1) is 0 Å². The second-order valence-electron chi connectivity index (χ2n) is 4.05. The van der Waals surface area contributed by atoms with Gasteiger partial charge in [-0.1, -0.05) is 12.1 Å². The van der Waals surface area contributed by atoms with Gasteiger partial charge in [0.15, 0.2) is 0 Å². The molecule has 1 N–H and O–H groups in total. The number of aromatic nitrogens is 2. The summed E-state index contributed by atoms with van der Waals surface area (Å²) in [6, 6.07) is 9.98. The number of aryl methyl sites for hydroxylation is 2. The number of hydrogen-bond acceptors (Lipinski definition) is 2. The van der Waals surface area contributed by atoms with E-state index in [0.717, 1.165) is 24.1 Å². The highest BCUT2D eigenvalue weighted by Crippen LogP contribution is 2.19. The van der Waals surface area contributed by atoms with Crippen LogP contribution in [0.15, 0.2) is 36.5 Å². The number of rotatable bonds is 4. The van der Waals surface area contributed by atoms with E-state index in [4.69, 9.17) is 0 Å². The Morgan fingerprint density at radius 3 is 2.59 bits per heavy atom. The van der Waals surface area contributed by atoms with E-state index < -0.39 is 6.10 Å². The minimum Gasteiger partial charge on any atom is -0.388 e. The summed E-state index contributed by atoms with van der Waals surface area (Å²) < 4.78 is 3.03. The molecule has 4 heteroatoms. The van der Waals surface area contributed by atoms with E-state index in [-0.39, 0.29) is 0 Å². The zero-order valence-electron chi connectivity index (χ0n) is 9.68. The van der Waals surface area contributed by atoms with Crippen molar-refractivity contribution < 1.29 is 5.11 Å². The van der Waals surface area contributed by atoms with Gasteiger partial charge in [-0.25, -0.2) is 0 Å². The Labute approximate surface area is 115 Å². The maximum atomic E-state index is 10.1. The van der Waals surface area contributed by atoms with Crippen molar-refractivity contribution in [3.05, 3.63) is 51.4 Å². The standard InChI is InChI=1S/C13H15IN2O/c1-16-12(8-9-15-16)6-7-13(17)10-2-4-11(14)5-3-10/h2-5,8-9,13,17H,6-7H2,1H3. The van der Waals surface area contributed by atoms with Crippen molar-refractivity contribution in [2.45, 2.75) is 18.9 Å². The lowest BCUT2D eigenvalue weighted by Gasteiger charge is -2.11. The minimum absolute atomic E-state index is 0.401. The molecule has 1 unspecified atom stereocenters. The van der Waals surface area contributed by atoms with Crippen LogP contribution in [0.25, 0.3) is 0 Å². The second kappa shape index (κ2) is 5.64. The molecule has 1 aromatic carbocycles. The van der Waals surface area contributed by atoms with Gasteiger partial charge in [0.1, 0.15) is 0 Å². The van der Waals surface area contributed by atoms with Crippen LogP contribution in [0.1, 0.15) is 23.8 Å². The third-order valence-corrected chi connectivity index (χ3v) is 3.57. The molecule has 1 heterocycles. The zero-order valence-corrected chi connectivity index (χ0v) is 11.8. The molecule has 0 aliphatic heterocycles. The largest absolute Gasteiger partial charge is 0.388 e. The molecule has 0 spiro atoms. The maximum absolute atomic E-state index is 10.1. The molecule has 0 fully saturated rings. The molecule has 0 saturated heterocycles. The summed E-state index contributed by atoms with van der Waals surface area (Å²) in [6.45, 7) is 0. The monoisotopic (exact) mass is 342 g/mol. The molecule has 2 rings (SSSR count). The molecule has 3 nitrogen and oxygen atoms in total. The number of aliphatic hydroxyl groups excluding tert-OH is 1. The number of hydrogen-bond donors (Lipinski definition) is 1. The van der Waals surface area contributed by atoms with Gasteiger partial charge in [0.2, 0.25) is 0 Å². The predicted octanol–water partition coefficient (Wildman–Crippen LogP) is 2.69. The first-order valence-corrected chi connectivity index (χ1v) is 6.65. The van der Waals surface area contributed by atoms with Crippen LogP contribution in [-0.2, 0) is 13.5 Å². The quantitative estimate of drug-likeness (QED) is 0.868. The number of aliphatic hydroxyl groups is 1. The Hall–Kier alpha value is -0.880.